The number of rotatable bonds is 9. The van der Waals surface area contributed by atoms with Crippen LogP contribution < -0.4 is 19.7 Å². The lowest BCUT2D eigenvalue weighted by molar-refractivity contribution is 0.0954. The number of carbonyl (C=O) groups excluding carboxylic acids is 1. The summed E-state index contributed by atoms with van der Waals surface area (Å²) in [5.74, 6) is 0.162. The van der Waals surface area contributed by atoms with Crippen molar-refractivity contribution in [3.05, 3.63) is 89.7 Å². The minimum Gasteiger partial charge on any atom is -0.496 e. The van der Waals surface area contributed by atoms with Crippen LogP contribution in [0.2, 0.25) is 0 Å². The second-order valence-electron chi connectivity index (χ2n) is 8.67. The van der Waals surface area contributed by atoms with E-state index in [-0.39, 0.29) is 16.8 Å². The molecule has 1 aliphatic heterocycles. The Labute approximate surface area is 211 Å². The molecule has 190 valence electrons. The van der Waals surface area contributed by atoms with Gasteiger partial charge in [-0.05, 0) is 67.3 Å². The van der Waals surface area contributed by atoms with Crippen LogP contribution in [0.1, 0.15) is 28.8 Å². The molecule has 1 heterocycles. The number of amides is 1. The number of sulfonamides is 1. The molecule has 1 saturated heterocycles. The SMILES string of the molecule is COc1ccccc1CCNC(=O)c1ccccc1N1CCC(NS(=O)(=O)c2ccc(F)cc2)CC1. The molecular formula is C27H30FN3O4S. The van der Waals surface area contributed by atoms with Gasteiger partial charge in [0.1, 0.15) is 11.6 Å². The van der Waals surface area contributed by atoms with Gasteiger partial charge in [-0.1, -0.05) is 30.3 Å². The topological polar surface area (TPSA) is 87.7 Å². The van der Waals surface area contributed by atoms with Crippen LogP contribution >= 0.6 is 0 Å². The summed E-state index contributed by atoms with van der Waals surface area (Å²) >= 11 is 0. The summed E-state index contributed by atoms with van der Waals surface area (Å²) in [4.78, 5) is 15.2. The van der Waals surface area contributed by atoms with E-state index in [9.17, 15) is 17.6 Å². The number of para-hydroxylation sites is 2. The molecule has 4 rings (SSSR count). The van der Waals surface area contributed by atoms with Gasteiger partial charge in [0.15, 0.2) is 0 Å². The molecule has 3 aromatic rings. The van der Waals surface area contributed by atoms with Gasteiger partial charge >= 0.3 is 0 Å². The van der Waals surface area contributed by atoms with Crippen LogP contribution in [0.3, 0.4) is 0 Å². The van der Waals surface area contributed by atoms with E-state index < -0.39 is 15.8 Å². The van der Waals surface area contributed by atoms with E-state index in [0.29, 0.717) is 44.5 Å². The number of nitrogens with one attached hydrogen (secondary N) is 2. The van der Waals surface area contributed by atoms with Crippen LogP contribution in [-0.4, -0.2) is 47.1 Å². The number of benzene rings is 3. The van der Waals surface area contributed by atoms with Gasteiger partial charge in [-0.3, -0.25) is 4.79 Å². The lowest BCUT2D eigenvalue weighted by atomic mass is 10.0. The van der Waals surface area contributed by atoms with Gasteiger partial charge in [-0.2, -0.15) is 0 Å². The molecule has 0 radical (unpaired) electrons. The molecule has 0 aromatic heterocycles. The number of hydrogen-bond acceptors (Lipinski definition) is 5. The highest BCUT2D eigenvalue weighted by Crippen LogP contribution is 2.25. The molecule has 0 spiro atoms. The molecule has 7 nitrogen and oxygen atoms in total. The molecule has 1 fully saturated rings. The van der Waals surface area contributed by atoms with Crippen molar-refractivity contribution in [2.24, 2.45) is 0 Å². The first-order valence-electron chi connectivity index (χ1n) is 11.9. The summed E-state index contributed by atoms with van der Waals surface area (Å²) in [5, 5.41) is 3.00. The lowest BCUT2D eigenvalue weighted by Gasteiger charge is -2.34. The molecule has 1 aliphatic rings. The number of methoxy groups -OCH3 is 1. The normalized spacial score (nSPS) is 14.4. The van der Waals surface area contributed by atoms with Gasteiger partial charge in [0.2, 0.25) is 10.0 Å². The van der Waals surface area contributed by atoms with E-state index in [1.807, 2.05) is 42.5 Å². The van der Waals surface area contributed by atoms with Crippen molar-refractivity contribution < 1.29 is 22.3 Å². The summed E-state index contributed by atoms with van der Waals surface area (Å²) < 4.78 is 46.5. The Morgan fingerprint density at radius 2 is 1.67 bits per heavy atom. The van der Waals surface area contributed by atoms with Gasteiger partial charge in [-0.15, -0.1) is 0 Å². The average molecular weight is 512 g/mol. The van der Waals surface area contributed by atoms with Gasteiger partial charge in [0.05, 0.1) is 17.6 Å². The smallest absolute Gasteiger partial charge is 0.253 e. The lowest BCUT2D eigenvalue weighted by Crippen LogP contribution is -2.45. The largest absolute Gasteiger partial charge is 0.496 e. The fourth-order valence-electron chi connectivity index (χ4n) is 4.40. The molecule has 0 aliphatic carbocycles. The van der Waals surface area contributed by atoms with E-state index in [1.165, 1.54) is 12.1 Å². The number of anilines is 1. The van der Waals surface area contributed by atoms with Crippen molar-refractivity contribution in [2.75, 3.05) is 31.6 Å². The molecule has 3 aromatic carbocycles. The first kappa shape index (κ1) is 25.7. The predicted octanol–water partition coefficient (Wildman–Crippen LogP) is 3.75. The van der Waals surface area contributed by atoms with Crippen LogP contribution in [0, 0.1) is 5.82 Å². The summed E-state index contributed by atoms with van der Waals surface area (Å²) in [6.07, 6.45) is 1.83. The van der Waals surface area contributed by atoms with E-state index in [1.54, 1.807) is 13.2 Å². The molecule has 0 unspecified atom stereocenters. The quantitative estimate of drug-likeness (QED) is 0.457. The molecule has 1 amide bonds. The number of hydrogen-bond donors (Lipinski definition) is 2. The van der Waals surface area contributed by atoms with Crippen molar-refractivity contribution in [1.82, 2.24) is 10.0 Å². The minimum atomic E-state index is -3.73. The minimum absolute atomic E-state index is 0.0430. The fourth-order valence-corrected chi connectivity index (χ4v) is 5.70. The Kier molecular flexibility index (Phi) is 8.22. The number of halogens is 1. The molecule has 9 heteroatoms. The third-order valence-corrected chi connectivity index (χ3v) is 7.84. The van der Waals surface area contributed by atoms with Crippen molar-refractivity contribution in [2.45, 2.75) is 30.2 Å². The monoisotopic (exact) mass is 511 g/mol. The fraction of sp³-hybridized carbons (Fsp3) is 0.296. The third-order valence-electron chi connectivity index (χ3n) is 6.30. The Morgan fingerprint density at radius 3 is 2.39 bits per heavy atom. The highest BCUT2D eigenvalue weighted by molar-refractivity contribution is 7.89. The number of piperidine rings is 1. The first-order valence-corrected chi connectivity index (χ1v) is 13.4. The van der Waals surface area contributed by atoms with E-state index in [0.717, 1.165) is 29.1 Å². The molecule has 0 atom stereocenters. The second-order valence-corrected chi connectivity index (χ2v) is 10.4. The highest BCUT2D eigenvalue weighted by Gasteiger charge is 2.26. The molecular weight excluding hydrogens is 481 g/mol. The van der Waals surface area contributed by atoms with Crippen LogP contribution in [-0.2, 0) is 16.4 Å². The molecule has 0 saturated carbocycles. The van der Waals surface area contributed by atoms with Crippen LogP contribution in [0.4, 0.5) is 10.1 Å². The van der Waals surface area contributed by atoms with Crippen LogP contribution in [0.15, 0.2) is 77.7 Å². The number of nitrogens with zero attached hydrogens (tertiary/aromatic N) is 1. The second kappa shape index (κ2) is 11.5. The number of carbonyl (C=O) groups is 1. The van der Waals surface area contributed by atoms with Crippen LogP contribution in [0.25, 0.3) is 0 Å². The van der Waals surface area contributed by atoms with Crippen molar-refractivity contribution >= 4 is 21.6 Å². The summed E-state index contributed by atoms with van der Waals surface area (Å²) in [5.41, 5.74) is 2.44. The zero-order valence-electron chi connectivity index (χ0n) is 20.1. The summed E-state index contributed by atoms with van der Waals surface area (Å²) in [6, 6.07) is 19.7. The van der Waals surface area contributed by atoms with Gasteiger partial charge in [-0.25, -0.2) is 17.5 Å². The van der Waals surface area contributed by atoms with E-state index in [4.69, 9.17) is 4.74 Å². The average Bonchev–Trinajstić information content (AvgIpc) is 2.89. The summed E-state index contributed by atoms with van der Waals surface area (Å²) in [7, 11) is -2.10. The third kappa shape index (κ3) is 6.22. The molecule has 0 bridgehead atoms. The van der Waals surface area contributed by atoms with Crippen molar-refractivity contribution in [3.63, 3.8) is 0 Å². The maximum atomic E-state index is 13.2. The molecule has 36 heavy (non-hydrogen) atoms. The Hall–Kier alpha value is -3.43. The Balaban J connectivity index is 1.34. The zero-order valence-corrected chi connectivity index (χ0v) is 20.9. The first-order chi connectivity index (χ1) is 17.4. The molecule has 2 N–H and O–H groups in total. The van der Waals surface area contributed by atoms with Crippen molar-refractivity contribution in [3.8, 4) is 5.75 Å². The van der Waals surface area contributed by atoms with E-state index in [2.05, 4.69) is 14.9 Å². The maximum Gasteiger partial charge on any atom is 0.253 e. The van der Waals surface area contributed by atoms with Gasteiger partial charge in [0, 0.05) is 31.4 Å². The van der Waals surface area contributed by atoms with E-state index >= 15 is 0 Å². The Bertz CT molecular complexity index is 1290. The van der Waals surface area contributed by atoms with Crippen molar-refractivity contribution in [1.29, 1.82) is 0 Å². The zero-order chi connectivity index (χ0) is 25.5. The predicted molar refractivity (Wildman–Crippen MR) is 137 cm³/mol. The van der Waals surface area contributed by atoms with Crippen LogP contribution in [0.5, 0.6) is 5.75 Å². The summed E-state index contributed by atoms with van der Waals surface area (Å²) in [6.45, 7) is 1.67. The Morgan fingerprint density at radius 1 is 1.00 bits per heavy atom. The van der Waals surface area contributed by atoms with Gasteiger partial charge < -0.3 is 15.0 Å². The van der Waals surface area contributed by atoms with Gasteiger partial charge in [0.25, 0.3) is 5.91 Å². The number of ether oxygens (including phenoxy) is 1. The standard InChI is InChI=1S/C27H30FN3O4S/c1-35-26-9-5-2-6-20(26)14-17-29-27(32)24-7-3-4-8-25(24)31-18-15-22(16-19-31)30-36(33,34)23-12-10-21(28)11-13-23/h2-13,22,30H,14-19H2,1H3,(H,29,32). The highest BCUT2D eigenvalue weighted by atomic mass is 32.2. The maximum absolute atomic E-state index is 13.2.